The van der Waals surface area contributed by atoms with Crippen molar-refractivity contribution < 1.29 is 9.13 Å². The summed E-state index contributed by atoms with van der Waals surface area (Å²) in [4.78, 5) is 0. The number of hydrogen-bond donors (Lipinski definition) is 1. The van der Waals surface area contributed by atoms with Crippen molar-refractivity contribution in [3.8, 4) is 5.75 Å². The van der Waals surface area contributed by atoms with Crippen LogP contribution in [0.2, 0.25) is 0 Å². The average Bonchev–Trinajstić information content (AvgIpc) is 3.00. The Hall–Kier alpha value is -1.09. The first-order valence-corrected chi connectivity index (χ1v) is 6.46. The number of benzene rings is 1. The van der Waals surface area contributed by atoms with E-state index in [2.05, 4.69) is 5.32 Å². The van der Waals surface area contributed by atoms with E-state index in [0.717, 1.165) is 43.3 Å². The number of rotatable bonds is 4. The molecule has 92 valence electrons. The fraction of sp³-hybridized carbons (Fsp3) is 0.571. The Bertz CT molecular complexity index is 397. The third-order valence-electron chi connectivity index (χ3n) is 3.64. The zero-order valence-electron chi connectivity index (χ0n) is 9.92. The summed E-state index contributed by atoms with van der Waals surface area (Å²) in [6.07, 6.45) is 3.63. The Balaban J connectivity index is 1.78. The van der Waals surface area contributed by atoms with Gasteiger partial charge in [0.1, 0.15) is 11.6 Å². The van der Waals surface area contributed by atoms with Crippen molar-refractivity contribution >= 4 is 0 Å². The van der Waals surface area contributed by atoms with Crippen molar-refractivity contribution in [1.29, 1.82) is 0 Å². The van der Waals surface area contributed by atoms with Crippen molar-refractivity contribution in [3.05, 3.63) is 29.6 Å². The molecular formula is C14H18FNO. The van der Waals surface area contributed by atoms with Crippen LogP contribution < -0.4 is 10.1 Å². The molecule has 1 aromatic rings. The van der Waals surface area contributed by atoms with Gasteiger partial charge in [-0.1, -0.05) is 0 Å². The van der Waals surface area contributed by atoms with Gasteiger partial charge in [-0.2, -0.15) is 0 Å². The minimum absolute atomic E-state index is 0.161. The second-order valence-electron chi connectivity index (χ2n) is 5.13. The Kier molecular flexibility index (Phi) is 3.02. The number of hydrogen-bond acceptors (Lipinski definition) is 2. The van der Waals surface area contributed by atoms with Crippen LogP contribution in [0.15, 0.2) is 18.2 Å². The van der Waals surface area contributed by atoms with Crippen molar-refractivity contribution in [2.24, 2.45) is 5.92 Å². The van der Waals surface area contributed by atoms with Gasteiger partial charge in [-0.05, 0) is 49.9 Å². The van der Waals surface area contributed by atoms with Crippen molar-refractivity contribution in [3.63, 3.8) is 0 Å². The molecule has 0 radical (unpaired) electrons. The fourth-order valence-corrected chi connectivity index (χ4v) is 2.38. The van der Waals surface area contributed by atoms with Crippen LogP contribution in [-0.4, -0.2) is 19.7 Å². The van der Waals surface area contributed by atoms with E-state index >= 15 is 0 Å². The summed E-state index contributed by atoms with van der Waals surface area (Å²) in [5.74, 6) is 1.85. The lowest BCUT2D eigenvalue weighted by Gasteiger charge is -2.15. The SMILES string of the molecule is Fc1ccc(OCC2CC2)c(C2CCNC2)c1. The zero-order chi connectivity index (χ0) is 11.7. The molecule has 0 aromatic heterocycles. The van der Waals surface area contributed by atoms with Crippen LogP contribution in [0.3, 0.4) is 0 Å². The third kappa shape index (κ3) is 2.60. The van der Waals surface area contributed by atoms with Crippen molar-refractivity contribution in [1.82, 2.24) is 5.32 Å². The van der Waals surface area contributed by atoms with Crippen molar-refractivity contribution in [2.45, 2.75) is 25.2 Å². The van der Waals surface area contributed by atoms with E-state index in [4.69, 9.17) is 4.74 Å². The lowest BCUT2D eigenvalue weighted by molar-refractivity contribution is 0.295. The average molecular weight is 235 g/mol. The van der Waals surface area contributed by atoms with E-state index in [0.29, 0.717) is 5.92 Å². The molecule has 1 aliphatic heterocycles. The zero-order valence-corrected chi connectivity index (χ0v) is 9.92. The minimum atomic E-state index is -0.161. The smallest absolute Gasteiger partial charge is 0.123 e. The van der Waals surface area contributed by atoms with Gasteiger partial charge in [0.2, 0.25) is 0 Å². The highest BCUT2D eigenvalue weighted by atomic mass is 19.1. The van der Waals surface area contributed by atoms with E-state index in [1.54, 1.807) is 12.1 Å². The number of halogens is 1. The van der Waals surface area contributed by atoms with E-state index in [1.807, 2.05) is 0 Å². The van der Waals surface area contributed by atoms with Crippen LogP contribution in [0.5, 0.6) is 5.75 Å². The highest BCUT2D eigenvalue weighted by Crippen LogP contribution is 2.34. The normalized spacial score (nSPS) is 23.9. The predicted molar refractivity (Wildman–Crippen MR) is 64.8 cm³/mol. The second-order valence-corrected chi connectivity index (χ2v) is 5.13. The molecule has 2 fully saturated rings. The maximum atomic E-state index is 13.3. The fourth-order valence-electron chi connectivity index (χ4n) is 2.38. The van der Waals surface area contributed by atoms with Gasteiger partial charge in [0, 0.05) is 18.0 Å². The summed E-state index contributed by atoms with van der Waals surface area (Å²) in [6, 6.07) is 4.92. The first kappa shape index (κ1) is 11.0. The highest BCUT2D eigenvalue weighted by molar-refractivity contribution is 5.37. The Labute approximate surface area is 101 Å². The summed E-state index contributed by atoms with van der Waals surface area (Å²) >= 11 is 0. The third-order valence-corrected chi connectivity index (χ3v) is 3.64. The molecule has 1 saturated heterocycles. The number of ether oxygens (including phenoxy) is 1. The quantitative estimate of drug-likeness (QED) is 0.866. The molecule has 3 rings (SSSR count). The van der Waals surface area contributed by atoms with Gasteiger partial charge in [-0.25, -0.2) is 4.39 Å². The molecule has 1 aliphatic carbocycles. The van der Waals surface area contributed by atoms with E-state index < -0.39 is 0 Å². The summed E-state index contributed by atoms with van der Waals surface area (Å²) in [7, 11) is 0. The minimum Gasteiger partial charge on any atom is -0.493 e. The van der Waals surface area contributed by atoms with E-state index in [9.17, 15) is 4.39 Å². The van der Waals surface area contributed by atoms with Gasteiger partial charge >= 0.3 is 0 Å². The standard InChI is InChI=1S/C14H18FNO/c15-12-3-4-14(17-9-10-1-2-10)13(7-12)11-5-6-16-8-11/h3-4,7,10-11,16H,1-2,5-6,8-9H2. The summed E-state index contributed by atoms with van der Waals surface area (Å²) < 4.78 is 19.2. The highest BCUT2D eigenvalue weighted by Gasteiger charge is 2.24. The van der Waals surface area contributed by atoms with Gasteiger partial charge in [0.15, 0.2) is 0 Å². The van der Waals surface area contributed by atoms with Gasteiger partial charge in [-0.15, -0.1) is 0 Å². The van der Waals surface area contributed by atoms with Gasteiger partial charge in [0.25, 0.3) is 0 Å². The lowest BCUT2D eigenvalue weighted by Crippen LogP contribution is -2.10. The van der Waals surface area contributed by atoms with Crippen LogP contribution in [0, 0.1) is 11.7 Å². The first-order chi connectivity index (χ1) is 8.33. The van der Waals surface area contributed by atoms with E-state index in [1.165, 1.54) is 18.9 Å². The predicted octanol–water partition coefficient (Wildman–Crippen LogP) is 2.69. The van der Waals surface area contributed by atoms with Crippen LogP contribution in [0.4, 0.5) is 4.39 Å². The monoisotopic (exact) mass is 235 g/mol. The molecular weight excluding hydrogens is 217 g/mol. The molecule has 2 nitrogen and oxygen atoms in total. The van der Waals surface area contributed by atoms with Crippen molar-refractivity contribution in [2.75, 3.05) is 19.7 Å². The van der Waals surface area contributed by atoms with Gasteiger partial charge < -0.3 is 10.1 Å². The summed E-state index contributed by atoms with van der Waals surface area (Å²) in [5, 5.41) is 3.32. The summed E-state index contributed by atoms with van der Waals surface area (Å²) in [6.45, 7) is 2.74. The largest absolute Gasteiger partial charge is 0.493 e. The molecule has 1 atom stereocenters. The Morgan fingerprint density at radius 3 is 2.88 bits per heavy atom. The van der Waals surface area contributed by atoms with Crippen LogP contribution >= 0.6 is 0 Å². The van der Waals surface area contributed by atoms with E-state index in [-0.39, 0.29) is 5.82 Å². The Morgan fingerprint density at radius 2 is 2.18 bits per heavy atom. The maximum absolute atomic E-state index is 13.3. The topological polar surface area (TPSA) is 21.3 Å². The molecule has 0 spiro atoms. The molecule has 3 heteroatoms. The van der Waals surface area contributed by atoms with Gasteiger partial charge in [0.05, 0.1) is 6.61 Å². The first-order valence-electron chi connectivity index (χ1n) is 6.46. The lowest BCUT2D eigenvalue weighted by atomic mass is 9.97. The van der Waals surface area contributed by atoms with Crippen LogP contribution in [0.1, 0.15) is 30.7 Å². The molecule has 1 saturated carbocycles. The molecule has 1 N–H and O–H groups in total. The van der Waals surface area contributed by atoms with Crippen LogP contribution in [0.25, 0.3) is 0 Å². The molecule has 17 heavy (non-hydrogen) atoms. The summed E-state index contributed by atoms with van der Waals surface area (Å²) in [5.41, 5.74) is 1.04. The number of nitrogens with one attached hydrogen (secondary N) is 1. The molecule has 2 aliphatic rings. The second kappa shape index (κ2) is 4.65. The van der Waals surface area contributed by atoms with Gasteiger partial charge in [-0.3, -0.25) is 0 Å². The molecule has 1 unspecified atom stereocenters. The molecule has 0 bridgehead atoms. The molecule has 0 amide bonds. The molecule has 1 aromatic carbocycles. The maximum Gasteiger partial charge on any atom is 0.123 e. The molecule has 1 heterocycles. The Morgan fingerprint density at radius 1 is 1.29 bits per heavy atom. The van der Waals surface area contributed by atoms with Crippen LogP contribution in [-0.2, 0) is 0 Å².